The molecule has 0 amide bonds. The van der Waals surface area contributed by atoms with Crippen LogP contribution in [0.4, 0.5) is 5.82 Å². The number of pyridine rings is 1. The molecule has 6 nitrogen and oxygen atoms in total. The molecule has 21 heavy (non-hydrogen) atoms. The van der Waals surface area contributed by atoms with Crippen LogP contribution < -0.4 is 5.73 Å². The smallest absolute Gasteiger partial charge is 0.235 e. The third kappa shape index (κ3) is 2.03. The fraction of sp³-hybridized carbons (Fsp3) is 0. The molecule has 0 aliphatic heterocycles. The summed E-state index contributed by atoms with van der Waals surface area (Å²) in [7, 11) is 0. The highest BCUT2D eigenvalue weighted by Gasteiger charge is 2.14. The predicted octanol–water partition coefficient (Wildman–Crippen LogP) is 2.50. The fourth-order valence-corrected chi connectivity index (χ4v) is 2.87. The van der Waals surface area contributed by atoms with Crippen LogP contribution in [0.3, 0.4) is 0 Å². The van der Waals surface area contributed by atoms with Crippen LogP contribution in [0.25, 0.3) is 27.1 Å². The van der Waals surface area contributed by atoms with E-state index in [1.54, 1.807) is 10.6 Å². The van der Waals surface area contributed by atoms with Gasteiger partial charge in [-0.3, -0.25) is 0 Å². The highest BCUT2D eigenvalue weighted by atomic mass is 32.1. The van der Waals surface area contributed by atoms with Gasteiger partial charge in [-0.2, -0.15) is 9.61 Å². The Kier molecular flexibility index (Phi) is 2.65. The Labute approximate surface area is 123 Å². The highest BCUT2D eigenvalue weighted by molar-refractivity contribution is 7.19. The summed E-state index contributed by atoms with van der Waals surface area (Å²) in [4.78, 5) is 5.01. The summed E-state index contributed by atoms with van der Waals surface area (Å²) in [5.41, 5.74) is 7.43. The lowest BCUT2D eigenvalue weighted by Crippen LogP contribution is -1.93. The Balaban J connectivity index is 1.87. The molecule has 0 atom stereocenters. The second-order valence-corrected chi connectivity index (χ2v) is 5.39. The average molecular weight is 294 g/mol. The van der Waals surface area contributed by atoms with Gasteiger partial charge in [0.15, 0.2) is 10.8 Å². The van der Waals surface area contributed by atoms with Crippen molar-refractivity contribution in [3.8, 4) is 22.1 Å². The van der Waals surface area contributed by atoms with Crippen LogP contribution in [0.15, 0.2) is 48.5 Å². The third-order valence-corrected chi connectivity index (χ3v) is 3.93. The molecule has 0 fully saturated rings. The van der Waals surface area contributed by atoms with Crippen molar-refractivity contribution in [2.24, 2.45) is 0 Å². The summed E-state index contributed by atoms with van der Waals surface area (Å²) < 4.78 is 1.74. The van der Waals surface area contributed by atoms with E-state index in [1.165, 1.54) is 11.3 Å². The van der Waals surface area contributed by atoms with Gasteiger partial charge in [0.2, 0.25) is 4.96 Å². The van der Waals surface area contributed by atoms with Crippen molar-refractivity contribution in [2.75, 3.05) is 5.73 Å². The van der Waals surface area contributed by atoms with E-state index in [1.807, 2.05) is 42.5 Å². The Hall–Kier alpha value is -2.80. The monoisotopic (exact) mass is 294 g/mol. The quantitative estimate of drug-likeness (QED) is 0.614. The number of hydrogen-bond donors (Lipinski definition) is 1. The lowest BCUT2D eigenvalue weighted by atomic mass is 10.2. The Morgan fingerprint density at radius 2 is 1.81 bits per heavy atom. The van der Waals surface area contributed by atoms with Crippen LogP contribution in [0.2, 0.25) is 0 Å². The van der Waals surface area contributed by atoms with Crippen molar-refractivity contribution in [1.29, 1.82) is 0 Å². The van der Waals surface area contributed by atoms with E-state index in [-0.39, 0.29) is 0 Å². The van der Waals surface area contributed by atoms with E-state index in [0.29, 0.717) is 5.82 Å². The zero-order valence-corrected chi connectivity index (χ0v) is 11.7. The normalized spacial score (nSPS) is 11.0. The van der Waals surface area contributed by atoms with E-state index in [4.69, 9.17) is 5.73 Å². The average Bonchev–Trinajstić information content (AvgIpc) is 3.08. The number of fused-ring (bicyclic) bond motifs is 1. The van der Waals surface area contributed by atoms with E-state index in [0.717, 1.165) is 27.1 Å². The number of benzene rings is 1. The van der Waals surface area contributed by atoms with Gasteiger partial charge in [-0.15, -0.1) is 10.2 Å². The van der Waals surface area contributed by atoms with E-state index in [2.05, 4.69) is 20.3 Å². The first-order chi connectivity index (χ1) is 10.3. The van der Waals surface area contributed by atoms with Gasteiger partial charge in [0.05, 0.1) is 0 Å². The first-order valence-corrected chi connectivity index (χ1v) is 7.13. The summed E-state index contributed by atoms with van der Waals surface area (Å²) in [6, 6.07) is 15.3. The molecule has 0 radical (unpaired) electrons. The van der Waals surface area contributed by atoms with Crippen molar-refractivity contribution in [1.82, 2.24) is 24.8 Å². The summed E-state index contributed by atoms with van der Waals surface area (Å²) >= 11 is 1.43. The maximum absolute atomic E-state index is 5.72. The minimum Gasteiger partial charge on any atom is -0.384 e. The second-order valence-electron chi connectivity index (χ2n) is 4.44. The van der Waals surface area contributed by atoms with Gasteiger partial charge in [0.25, 0.3) is 0 Å². The lowest BCUT2D eigenvalue weighted by Gasteiger charge is -1.97. The van der Waals surface area contributed by atoms with Crippen LogP contribution in [-0.2, 0) is 0 Å². The lowest BCUT2D eigenvalue weighted by molar-refractivity contribution is 0.967. The molecule has 4 aromatic rings. The molecule has 102 valence electrons. The fourth-order valence-electron chi connectivity index (χ4n) is 2.06. The molecule has 7 heteroatoms. The summed E-state index contributed by atoms with van der Waals surface area (Å²) in [5, 5.41) is 13.7. The molecule has 2 N–H and O–H groups in total. The molecular weight excluding hydrogens is 284 g/mol. The number of aromatic nitrogens is 5. The molecular formula is C14H10N6S. The minimum absolute atomic E-state index is 0.474. The van der Waals surface area contributed by atoms with Crippen LogP contribution in [0.1, 0.15) is 0 Å². The van der Waals surface area contributed by atoms with Crippen LogP contribution in [-0.4, -0.2) is 24.8 Å². The number of anilines is 1. The van der Waals surface area contributed by atoms with E-state index >= 15 is 0 Å². The van der Waals surface area contributed by atoms with Gasteiger partial charge in [0.1, 0.15) is 11.5 Å². The maximum atomic E-state index is 5.72. The van der Waals surface area contributed by atoms with Crippen LogP contribution in [0, 0.1) is 0 Å². The van der Waals surface area contributed by atoms with Crippen molar-refractivity contribution in [3.63, 3.8) is 0 Å². The van der Waals surface area contributed by atoms with E-state index in [9.17, 15) is 0 Å². The summed E-state index contributed by atoms with van der Waals surface area (Å²) in [6.07, 6.45) is 0. The SMILES string of the molecule is Nc1cccc(-c2nn3c(-c4ccccc4)nnc3s2)n1. The Bertz CT molecular complexity index is 912. The number of nitrogens with two attached hydrogens (primary N) is 1. The Morgan fingerprint density at radius 3 is 2.62 bits per heavy atom. The molecule has 3 aromatic heterocycles. The van der Waals surface area contributed by atoms with Crippen molar-refractivity contribution in [3.05, 3.63) is 48.5 Å². The van der Waals surface area contributed by atoms with Crippen molar-refractivity contribution in [2.45, 2.75) is 0 Å². The van der Waals surface area contributed by atoms with Crippen LogP contribution >= 0.6 is 11.3 Å². The largest absolute Gasteiger partial charge is 0.384 e. The molecule has 0 aliphatic carbocycles. The second kappa shape index (κ2) is 4.64. The first kappa shape index (κ1) is 12.0. The molecule has 0 saturated heterocycles. The van der Waals surface area contributed by atoms with Gasteiger partial charge in [-0.25, -0.2) is 4.98 Å². The van der Waals surface area contributed by atoms with Crippen LogP contribution in [0.5, 0.6) is 0 Å². The molecule has 0 saturated carbocycles. The summed E-state index contributed by atoms with van der Waals surface area (Å²) in [6.45, 7) is 0. The molecule has 1 aromatic carbocycles. The number of nitrogens with zero attached hydrogens (tertiary/aromatic N) is 5. The molecule has 0 spiro atoms. The number of hydrogen-bond acceptors (Lipinski definition) is 6. The van der Waals surface area contributed by atoms with Gasteiger partial charge >= 0.3 is 0 Å². The van der Waals surface area contributed by atoms with Gasteiger partial charge in [-0.05, 0) is 12.1 Å². The van der Waals surface area contributed by atoms with E-state index < -0.39 is 0 Å². The number of nitrogen functional groups attached to an aromatic ring is 1. The van der Waals surface area contributed by atoms with Gasteiger partial charge in [-0.1, -0.05) is 47.7 Å². The number of rotatable bonds is 2. The molecule has 0 unspecified atom stereocenters. The van der Waals surface area contributed by atoms with Crippen molar-refractivity contribution < 1.29 is 0 Å². The zero-order chi connectivity index (χ0) is 14.2. The third-order valence-electron chi connectivity index (χ3n) is 3.01. The summed E-state index contributed by atoms with van der Waals surface area (Å²) in [5.74, 6) is 1.19. The molecule has 4 rings (SSSR count). The highest BCUT2D eigenvalue weighted by Crippen LogP contribution is 2.27. The zero-order valence-electron chi connectivity index (χ0n) is 10.8. The first-order valence-electron chi connectivity index (χ1n) is 6.32. The standard InChI is InChI=1S/C14H10N6S/c15-11-8-4-7-10(16-11)13-19-20-12(17-18-14(20)21-13)9-5-2-1-3-6-9/h1-8H,(H2,15,16). The van der Waals surface area contributed by atoms with Gasteiger partial charge < -0.3 is 5.73 Å². The predicted molar refractivity (Wildman–Crippen MR) is 81.7 cm³/mol. The molecule has 0 bridgehead atoms. The Morgan fingerprint density at radius 1 is 0.952 bits per heavy atom. The molecule has 0 aliphatic rings. The minimum atomic E-state index is 0.474. The van der Waals surface area contributed by atoms with Gasteiger partial charge in [0, 0.05) is 5.56 Å². The van der Waals surface area contributed by atoms with Crippen molar-refractivity contribution >= 4 is 22.1 Å². The molecule has 3 heterocycles. The topological polar surface area (TPSA) is 82.0 Å². The maximum Gasteiger partial charge on any atom is 0.235 e.